The van der Waals surface area contributed by atoms with Crippen LogP contribution in [0.15, 0.2) is 96.2 Å². The molecule has 5 rings (SSSR count). The second-order valence-electron chi connectivity index (χ2n) is 8.06. The van der Waals surface area contributed by atoms with Gasteiger partial charge in [0.25, 0.3) is 5.56 Å². The maximum absolute atomic E-state index is 13.0. The molecule has 34 heavy (non-hydrogen) atoms. The lowest BCUT2D eigenvalue weighted by Gasteiger charge is -2.11. The molecule has 7 heteroatoms. The summed E-state index contributed by atoms with van der Waals surface area (Å²) < 4.78 is 3.44. The van der Waals surface area contributed by atoms with Crippen molar-refractivity contribution in [3.8, 4) is 0 Å². The number of Topliss-reactive ketones (excluding diaryl/α,β-unsaturated/α-hetero) is 1. The smallest absolute Gasteiger partial charge is 0.261 e. The Bertz CT molecular complexity index is 1550. The van der Waals surface area contributed by atoms with Crippen LogP contribution in [-0.2, 0) is 17.8 Å². The van der Waals surface area contributed by atoms with E-state index in [0.717, 1.165) is 11.1 Å². The summed E-state index contributed by atoms with van der Waals surface area (Å²) in [5, 5.41) is 3.43. The number of hydrogen-bond donors (Lipinski definition) is 1. The molecule has 2 heterocycles. The lowest BCUT2D eigenvalue weighted by molar-refractivity contribution is -0.115. The fourth-order valence-corrected chi connectivity index (χ4v) is 4.09. The van der Waals surface area contributed by atoms with E-state index in [-0.39, 0.29) is 36.6 Å². The van der Waals surface area contributed by atoms with Crippen LogP contribution < -0.4 is 10.9 Å². The molecule has 0 aliphatic carbocycles. The zero-order chi connectivity index (χ0) is 23.5. The van der Waals surface area contributed by atoms with E-state index >= 15 is 0 Å². The van der Waals surface area contributed by atoms with E-state index in [2.05, 4.69) is 10.3 Å². The van der Waals surface area contributed by atoms with E-state index < -0.39 is 0 Å². The first-order valence-corrected chi connectivity index (χ1v) is 11.0. The van der Waals surface area contributed by atoms with Gasteiger partial charge in [-0.2, -0.15) is 0 Å². The molecule has 0 bridgehead atoms. The highest BCUT2D eigenvalue weighted by atomic mass is 16.1. The van der Waals surface area contributed by atoms with Crippen LogP contribution in [0.5, 0.6) is 0 Å². The predicted molar refractivity (Wildman–Crippen MR) is 131 cm³/mol. The third-order valence-corrected chi connectivity index (χ3v) is 5.80. The van der Waals surface area contributed by atoms with Crippen molar-refractivity contribution in [1.29, 1.82) is 0 Å². The monoisotopic (exact) mass is 450 g/mol. The molecular weight excluding hydrogens is 428 g/mol. The molecule has 1 amide bonds. The molecule has 0 unspecified atom stereocenters. The van der Waals surface area contributed by atoms with Gasteiger partial charge in [-0.3, -0.25) is 23.4 Å². The number of anilines is 1. The topological polar surface area (TPSA) is 85.5 Å². The number of nitrogens with one attached hydrogen (secondary N) is 1. The second kappa shape index (κ2) is 9.15. The fraction of sp³-hybridized carbons (Fsp3) is 0.111. The standard InChI is InChI=1S/C27H22N4O3/c32-24(20-10-12-21(13-11-20)29-25(33)16-19-6-2-1-3-7-19)14-15-30-26-17-28-18-31(26)23-9-5-4-8-22(23)27(30)34/h1-13,17-18H,14-16H2,(H,29,33). The summed E-state index contributed by atoms with van der Waals surface area (Å²) >= 11 is 0. The van der Waals surface area contributed by atoms with Gasteiger partial charge >= 0.3 is 0 Å². The van der Waals surface area contributed by atoms with Crippen LogP contribution in [0.4, 0.5) is 5.69 Å². The number of para-hydroxylation sites is 1. The van der Waals surface area contributed by atoms with Crippen LogP contribution in [0.3, 0.4) is 0 Å². The lowest BCUT2D eigenvalue weighted by Crippen LogP contribution is -2.24. The summed E-state index contributed by atoms with van der Waals surface area (Å²) in [6.07, 6.45) is 3.75. The van der Waals surface area contributed by atoms with Gasteiger partial charge in [0.15, 0.2) is 5.78 Å². The molecule has 0 spiro atoms. The molecule has 168 valence electrons. The summed E-state index contributed by atoms with van der Waals surface area (Å²) in [6, 6.07) is 23.7. The number of rotatable bonds is 7. The number of carbonyl (C=O) groups excluding carboxylic acids is 2. The maximum Gasteiger partial charge on any atom is 0.261 e. The van der Waals surface area contributed by atoms with Crippen molar-refractivity contribution in [2.45, 2.75) is 19.4 Å². The summed E-state index contributed by atoms with van der Waals surface area (Å²) in [4.78, 5) is 42.3. The van der Waals surface area contributed by atoms with Gasteiger partial charge in [0.1, 0.15) is 12.0 Å². The Balaban J connectivity index is 1.27. The Hall–Kier alpha value is -4.52. The van der Waals surface area contributed by atoms with Gasteiger partial charge in [-0.25, -0.2) is 4.98 Å². The highest BCUT2D eigenvalue weighted by Gasteiger charge is 2.13. The Morgan fingerprint density at radius 2 is 1.62 bits per heavy atom. The Morgan fingerprint density at radius 3 is 2.41 bits per heavy atom. The Kier molecular flexibility index (Phi) is 5.74. The van der Waals surface area contributed by atoms with Crippen molar-refractivity contribution < 1.29 is 9.59 Å². The lowest BCUT2D eigenvalue weighted by atomic mass is 10.1. The molecule has 0 saturated heterocycles. The Labute approximate surface area is 195 Å². The van der Waals surface area contributed by atoms with E-state index in [4.69, 9.17) is 0 Å². The van der Waals surface area contributed by atoms with Crippen LogP contribution in [0.25, 0.3) is 16.6 Å². The van der Waals surface area contributed by atoms with Gasteiger partial charge in [0.2, 0.25) is 5.91 Å². The van der Waals surface area contributed by atoms with Crippen molar-refractivity contribution >= 4 is 33.9 Å². The SMILES string of the molecule is O=C(Cc1ccccc1)Nc1ccc(C(=O)CCn2c(=O)c3ccccc3n3cncc23)cc1. The molecule has 0 aliphatic heterocycles. The highest BCUT2D eigenvalue weighted by Crippen LogP contribution is 2.15. The molecule has 7 nitrogen and oxygen atoms in total. The number of carbonyl (C=O) groups is 2. The summed E-state index contributed by atoms with van der Waals surface area (Å²) in [5.41, 5.74) is 3.37. The van der Waals surface area contributed by atoms with E-state index in [1.807, 2.05) is 52.9 Å². The number of nitrogens with zero attached hydrogens (tertiary/aromatic N) is 3. The maximum atomic E-state index is 13.0. The van der Waals surface area contributed by atoms with Crippen molar-refractivity contribution in [2.24, 2.45) is 0 Å². The van der Waals surface area contributed by atoms with Crippen LogP contribution in [0, 0.1) is 0 Å². The van der Waals surface area contributed by atoms with Crippen LogP contribution >= 0.6 is 0 Å². The zero-order valence-electron chi connectivity index (χ0n) is 18.3. The predicted octanol–water partition coefficient (Wildman–Crippen LogP) is 4.10. The molecule has 0 aliphatic rings. The number of aryl methyl sites for hydroxylation is 1. The van der Waals surface area contributed by atoms with Gasteiger partial charge in [0.05, 0.1) is 23.5 Å². The van der Waals surface area contributed by atoms with Gasteiger partial charge in [-0.1, -0.05) is 42.5 Å². The molecular formula is C27H22N4O3. The van der Waals surface area contributed by atoms with Gasteiger partial charge in [-0.15, -0.1) is 0 Å². The zero-order valence-corrected chi connectivity index (χ0v) is 18.3. The third-order valence-electron chi connectivity index (χ3n) is 5.80. The largest absolute Gasteiger partial charge is 0.326 e. The number of benzene rings is 3. The summed E-state index contributed by atoms with van der Waals surface area (Å²) in [6.45, 7) is 0.243. The number of fused-ring (bicyclic) bond motifs is 3. The van der Waals surface area contributed by atoms with Crippen LogP contribution in [0.1, 0.15) is 22.3 Å². The van der Waals surface area contributed by atoms with E-state index in [1.54, 1.807) is 47.4 Å². The number of amides is 1. The fourth-order valence-electron chi connectivity index (χ4n) is 4.09. The highest BCUT2D eigenvalue weighted by molar-refractivity contribution is 5.97. The molecule has 5 aromatic rings. The minimum absolute atomic E-state index is 0.0834. The van der Waals surface area contributed by atoms with Gasteiger partial charge < -0.3 is 5.32 Å². The van der Waals surface area contributed by atoms with Gasteiger partial charge in [-0.05, 0) is 42.0 Å². The average Bonchev–Trinajstić information content (AvgIpc) is 3.35. The Morgan fingerprint density at radius 1 is 0.882 bits per heavy atom. The van der Waals surface area contributed by atoms with Crippen molar-refractivity contribution in [2.75, 3.05) is 5.32 Å². The van der Waals surface area contributed by atoms with E-state index in [9.17, 15) is 14.4 Å². The average molecular weight is 450 g/mol. The molecule has 0 atom stereocenters. The van der Waals surface area contributed by atoms with Crippen LogP contribution in [-0.4, -0.2) is 25.6 Å². The first-order chi connectivity index (χ1) is 16.6. The molecule has 1 N–H and O–H groups in total. The number of imidazole rings is 1. The van der Waals surface area contributed by atoms with E-state index in [1.165, 1.54) is 0 Å². The first-order valence-electron chi connectivity index (χ1n) is 11.0. The minimum atomic E-state index is -0.145. The molecule has 0 saturated carbocycles. The quantitative estimate of drug-likeness (QED) is 0.378. The van der Waals surface area contributed by atoms with E-state index in [0.29, 0.717) is 22.3 Å². The number of hydrogen-bond acceptors (Lipinski definition) is 4. The molecule has 3 aromatic carbocycles. The van der Waals surface area contributed by atoms with Crippen molar-refractivity contribution in [1.82, 2.24) is 14.0 Å². The normalized spacial score (nSPS) is 11.1. The molecule has 0 radical (unpaired) electrons. The molecule has 0 fully saturated rings. The summed E-state index contributed by atoms with van der Waals surface area (Å²) in [7, 11) is 0. The first kappa shape index (κ1) is 21.3. The van der Waals surface area contributed by atoms with Gasteiger partial charge in [0, 0.05) is 24.2 Å². The van der Waals surface area contributed by atoms with Crippen molar-refractivity contribution in [3.05, 3.63) is 113 Å². The van der Waals surface area contributed by atoms with Crippen LogP contribution in [0.2, 0.25) is 0 Å². The summed E-state index contributed by atoms with van der Waals surface area (Å²) in [5.74, 6) is -0.203. The minimum Gasteiger partial charge on any atom is -0.326 e. The number of aromatic nitrogens is 3. The molecule has 2 aromatic heterocycles. The second-order valence-corrected chi connectivity index (χ2v) is 8.06. The van der Waals surface area contributed by atoms with Crippen molar-refractivity contribution in [3.63, 3.8) is 0 Å². The number of ketones is 1. The third kappa shape index (κ3) is 4.23.